The standard InChI is InChI=1S/C16H18N2O3/c1-3-11(2)17-16(20)13-6-4-5-7-14(13)18-15(19)12-8-9-21-10-12/h4-11H,3H2,1-2H3,(H,17,20)(H,18,19)/t11-/m0/s1. The smallest absolute Gasteiger partial charge is 0.258 e. The molecule has 0 spiro atoms. The second-order valence-electron chi connectivity index (χ2n) is 4.79. The summed E-state index contributed by atoms with van der Waals surface area (Å²) in [6.07, 6.45) is 3.63. The molecule has 1 atom stereocenters. The van der Waals surface area contributed by atoms with E-state index in [9.17, 15) is 9.59 Å². The van der Waals surface area contributed by atoms with Gasteiger partial charge in [-0.2, -0.15) is 0 Å². The number of furan rings is 1. The summed E-state index contributed by atoms with van der Waals surface area (Å²) in [6, 6.07) is 8.56. The molecule has 5 nitrogen and oxygen atoms in total. The number of hydrogen-bond acceptors (Lipinski definition) is 3. The summed E-state index contributed by atoms with van der Waals surface area (Å²) < 4.78 is 4.88. The Labute approximate surface area is 123 Å². The van der Waals surface area contributed by atoms with Crippen LogP contribution in [0, 0.1) is 0 Å². The minimum absolute atomic E-state index is 0.0788. The molecule has 0 saturated heterocycles. The largest absolute Gasteiger partial charge is 0.472 e. The van der Waals surface area contributed by atoms with Crippen LogP contribution in [0.5, 0.6) is 0 Å². The van der Waals surface area contributed by atoms with Gasteiger partial charge in [-0.15, -0.1) is 0 Å². The van der Waals surface area contributed by atoms with E-state index in [1.165, 1.54) is 12.5 Å². The van der Waals surface area contributed by atoms with Gasteiger partial charge < -0.3 is 15.1 Å². The van der Waals surface area contributed by atoms with Crippen LogP contribution >= 0.6 is 0 Å². The van der Waals surface area contributed by atoms with Gasteiger partial charge in [-0.25, -0.2) is 0 Å². The van der Waals surface area contributed by atoms with Gasteiger partial charge in [-0.3, -0.25) is 9.59 Å². The van der Waals surface area contributed by atoms with Crippen molar-refractivity contribution < 1.29 is 14.0 Å². The van der Waals surface area contributed by atoms with Gasteiger partial charge in [0.25, 0.3) is 11.8 Å². The van der Waals surface area contributed by atoms with Crippen LogP contribution in [0.1, 0.15) is 41.0 Å². The number of hydrogen-bond donors (Lipinski definition) is 2. The van der Waals surface area contributed by atoms with Gasteiger partial charge in [0.1, 0.15) is 6.26 Å². The summed E-state index contributed by atoms with van der Waals surface area (Å²) in [4.78, 5) is 24.2. The quantitative estimate of drug-likeness (QED) is 0.887. The highest BCUT2D eigenvalue weighted by Gasteiger charge is 2.15. The SMILES string of the molecule is CC[C@H](C)NC(=O)c1ccccc1NC(=O)c1ccoc1. The van der Waals surface area contributed by atoms with Gasteiger partial charge >= 0.3 is 0 Å². The second-order valence-corrected chi connectivity index (χ2v) is 4.79. The maximum absolute atomic E-state index is 12.2. The van der Waals surface area contributed by atoms with Gasteiger partial charge in [0.15, 0.2) is 0 Å². The highest BCUT2D eigenvalue weighted by Crippen LogP contribution is 2.16. The lowest BCUT2D eigenvalue weighted by atomic mass is 10.1. The topological polar surface area (TPSA) is 71.3 Å². The minimum atomic E-state index is -0.312. The highest BCUT2D eigenvalue weighted by molar-refractivity contribution is 6.08. The molecule has 2 aromatic rings. The van der Waals surface area contributed by atoms with Crippen molar-refractivity contribution in [3.05, 3.63) is 54.0 Å². The Hall–Kier alpha value is -2.56. The number of anilines is 1. The van der Waals surface area contributed by atoms with Gasteiger partial charge in [0, 0.05) is 6.04 Å². The van der Waals surface area contributed by atoms with E-state index in [1.807, 2.05) is 13.8 Å². The van der Waals surface area contributed by atoms with Crippen molar-refractivity contribution in [2.75, 3.05) is 5.32 Å². The molecule has 0 unspecified atom stereocenters. The van der Waals surface area contributed by atoms with Crippen LogP contribution in [0.3, 0.4) is 0 Å². The fourth-order valence-electron chi connectivity index (χ4n) is 1.78. The summed E-state index contributed by atoms with van der Waals surface area (Å²) in [6.45, 7) is 3.93. The summed E-state index contributed by atoms with van der Waals surface area (Å²) in [5.74, 6) is -0.514. The first-order valence-corrected chi connectivity index (χ1v) is 6.85. The number of para-hydroxylation sites is 1. The third kappa shape index (κ3) is 3.72. The molecule has 0 aliphatic carbocycles. The first-order chi connectivity index (χ1) is 10.1. The summed E-state index contributed by atoms with van der Waals surface area (Å²) in [5.41, 5.74) is 1.33. The van der Waals surface area contributed by atoms with Crippen molar-refractivity contribution in [1.82, 2.24) is 5.32 Å². The molecule has 0 saturated carbocycles. The maximum atomic E-state index is 12.2. The van der Waals surface area contributed by atoms with Crippen molar-refractivity contribution in [1.29, 1.82) is 0 Å². The first kappa shape index (κ1) is 14.8. The molecule has 1 heterocycles. The molecule has 2 amide bonds. The summed E-state index contributed by atoms with van der Waals surface area (Å²) in [5, 5.41) is 5.61. The van der Waals surface area contributed by atoms with E-state index in [0.717, 1.165) is 6.42 Å². The van der Waals surface area contributed by atoms with E-state index in [1.54, 1.807) is 30.3 Å². The van der Waals surface area contributed by atoms with Gasteiger partial charge in [-0.05, 0) is 31.5 Å². The van der Waals surface area contributed by atoms with Gasteiger partial charge in [0.05, 0.1) is 23.1 Å². The Balaban J connectivity index is 2.17. The molecule has 0 bridgehead atoms. The lowest BCUT2D eigenvalue weighted by molar-refractivity contribution is 0.0940. The predicted molar refractivity (Wildman–Crippen MR) is 80.3 cm³/mol. The molecule has 5 heteroatoms. The number of nitrogens with one attached hydrogen (secondary N) is 2. The third-order valence-corrected chi connectivity index (χ3v) is 3.19. The maximum Gasteiger partial charge on any atom is 0.258 e. The normalized spacial score (nSPS) is 11.7. The van der Waals surface area contributed by atoms with Crippen molar-refractivity contribution in [3.63, 3.8) is 0 Å². The van der Waals surface area contributed by atoms with Crippen LogP contribution in [0.15, 0.2) is 47.3 Å². The predicted octanol–water partition coefficient (Wildman–Crippen LogP) is 3.06. The van der Waals surface area contributed by atoms with Crippen LogP contribution in [-0.4, -0.2) is 17.9 Å². The molecule has 1 aromatic heterocycles. The van der Waals surface area contributed by atoms with E-state index in [4.69, 9.17) is 4.42 Å². The number of amides is 2. The second kappa shape index (κ2) is 6.74. The Kier molecular flexibility index (Phi) is 4.77. The van der Waals surface area contributed by atoms with Crippen LogP contribution < -0.4 is 10.6 Å². The van der Waals surface area contributed by atoms with E-state index >= 15 is 0 Å². The number of carbonyl (C=O) groups excluding carboxylic acids is 2. The molecule has 1 aromatic carbocycles. The van der Waals surface area contributed by atoms with Gasteiger partial charge in [-0.1, -0.05) is 19.1 Å². The fourth-order valence-corrected chi connectivity index (χ4v) is 1.78. The molecule has 110 valence electrons. The van der Waals surface area contributed by atoms with Gasteiger partial charge in [0.2, 0.25) is 0 Å². The van der Waals surface area contributed by atoms with Crippen LogP contribution in [-0.2, 0) is 0 Å². The molecule has 2 rings (SSSR count). The van der Waals surface area contributed by atoms with Crippen molar-refractivity contribution >= 4 is 17.5 Å². The zero-order valence-electron chi connectivity index (χ0n) is 12.1. The lowest BCUT2D eigenvalue weighted by Crippen LogP contribution is -2.32. The molecule has 0 radical (unpaired) electrons. The summed E-state index contributed by atoms with van der Waals surface area (Å²) in [7, 11) is 0. The monoisotopic (exact) mass is 286 g/mol. The third-order valence-electron chi connectivity index (χ3n) is 3.19. The molecular weight excluding hydrogens is 268 g/mol. The molecule has 0 fully saturated rings. The molecular formula is C16H18N2O3. The van der Waals surface area contributed by atoms with Crippen molar-refractivity contribution in [3.8, 4) is 0 Å². The van der Waals surface area contributed by atoms with E-state index in [0.29, 0.717) is 16.8 Å². The minimum Gasteiger partial charge on any atom is -0.472 e. The van der Waals surface area contributed by atoms with Crippen LogP contribution in [0.2, 0.25) is 0 Å². The van der Waals surface area contributed by atoms with Crippen molar-refractivity contribution in [2.45, 2.75) is 26.3 Å². The fraction of sp³-hybridized carbons (Fsp3) is 0.250. The average Bonchev–Trinajstić information content (AvgIpc) is 3.01. The average molecular weight is 286 g/mol. The first-order valence-electron chi connectivity index (χ1n) is 6.85. The zero-order valence-corrected chi connectivity index (χ0v) is 12.1. The number of benzene rings is 1. The molecule has 21 heavy (non-hydrogen) atoms. The highest BCUT2D eigenvalue weighted by atomic mass is 16.3. The van der Waals surface area contributed by atoms with E-state index in [-0.39, 0.29) is 17.9 Å². The Bertz CT molecular complexity index is 620. The lowest BCUT2D eigenvalue weighted by Gasteiger charge is -2.14. The molecule has 0 aliphatic heterocycles. The van der Waals surface area contributed by atoms with Crippen molar-refractivity contribution in [2.24, 2.45) is 0 Å². The van der Waals surface area contributed by atoms with E-state index in [2.05, 4.69) is 10.6 Å². The molecule has 2 N–H and O–H groups in total. The number of carbonyl (C=O) groups is 2. The Morgan fingerprint density at radius 1 is 1.19 bits per heavy atom. The Morgan fingerprint density at radius 3 is 2.62 bits per heavy atom. The zero-order chi connectivity index (χ0) is 15.2. The molecule has 0 aliphatic rings. The van der Waals surface area contributed by atoms with Crippen LogP contribution in [0.4, 0.5) is 5.69 Å². The number of rotatable bonds is 5. The van der Waals surface area contributed by atoms with E-state index < -0.39 is 0 Å². The summed E-state index contributed by atoms with van der Waals surface area (Å²) >= 11 is 0. The Morgan fingerprint density at radius 2 is 1.95 bits per heavy atom. The van der Waals surface area contributed by atoms with Crippen LogP contribution in [0.25, 0.3) is 0 Å².